The summed E-state index contributed by atoms with van der Waals surface area (Å²) in [5.41, 5.74) is 1.34. The molecule has 2 rings (SSSR count). The molecule has 3 heteroatoms. The molecule has 1 aromatic rings. The van der Waals surface area contributed by atoms with Crippen LogP contribution in [0.2, 0.25) is 0 Å². The zero-order valence-corrected chi connectivity index (χ0v) is 17.5. The number of hydrogen-bond acceptors (Lipinski definition) is 2. The average Bonchev–Trinajstić information content (AvgIpc) is 3.22. The molecular formula is C25H39NO2. The number of allylic oxidation sites excluding steroid dienone is 2. The minimum Gasteiger partial charge on any atom is -0.478 e. The van der Waals surface area contributed by atoms with Crippen molar-refractivity contribution in [3.05, 3.63) is 42.0 Å². The van der Waals surface area contributed by atoms with Crippen LogP contribution in [0.3, 0.4) is 0 Å². The average molecular weight is 386 g/mol. The van der Waals surface area contributed by atoms with E-state index in [1.165, 1.54) is 89.9 Å². The van der Waals surface area contributed by atoms with E-state index in [2.05, 4.69) is 17.5 Å². The van der Waals surface area contributed by atoms with Gasteiger partial charge in [0.05, 0.1) is 5.56 Å². The molecule has 0 spiro atoms. The van der Waals surface area contributed by atoms with Gasteiger partial charge in [0.2, 0.25) is 0 Å². The van der Waals surface area contributed by atoms with Gasteiger partial charge in [-0.25, -0.2) is 4.79 Å². The fraction of sp³-hybridized carbons (Fsp3) is 0.640. The van der Waals surface area contributed by atoms with Crippen LogP contribution >= 0.6 is 0 Å². The quantitative estimate of drug-likeness (QED) is 0.229. The third kappa shape index (κ3) is 9.96. The molecule has 0 atom stereocenters. The Hall–Kier alpha value is -1.77. The Bertz CT molecular complexity index is 556. The maximum atomic E-state index is 10.8. The summed E-state index contributed by atoms with van der Waals surface area (Å²) in [6.07, 6.45) is 23.9. The Balaban J connectivity index is 1.30. The molecule has 0 aliphatic heterocycles. The second kappa shape index (κ2) is 14.3. The van der Waals surface area contributed by atoms with Crippen molar-refractivity contribution in [1.29, 1.82) is 0 Å². The van der Waals surface area contributed by atoms with Crippen molar-refractivity contribution in [2.75, 3.05) is 11.9 Å². The predicted molar refractivity (Wildman–Crippen MR) is 119 cm³/mol. The Morgan fingerprint density at radius 1 is 0.786 bits per heavy atom. The molecule has 1 aliphatic carbocycles. The first kappa shape index (κ1) is 22.5. The largest absolute Gasteiger partial charge is 0.478 e. The molecule has 2 N–H and O–H groups in total. The number of carboxylic acids is 1. The van der Waals surface area contributed by atoms with Gasteiger partial charge in [0.25, 0.3) is 0 Å². The molecule has 0 saturated heterocycles. The number of unbranched alkanes of at least 4 members (excludes halogenated alkanes) is 10. The number of nitrogens with one attached hydrogen (secondary N) is 1. The van der Waals surface area contributed by atoms with E-state index in [0.29, 0.717) is 5.56 Å². The highest BCUT2D eigenvalue weighted by Crippen LogP contribution is 2.24. The van der Waals surface area contributed by atoms with E-state index in [4.69, 9.17) is 5.11 Å². The van der Waals surface area contributed by atoms with Gasteiger partial charge >= 0.3 is 5.97 Å². The molecular weight excluding hydrogens is 346 g/mol. The topological polar surface area (TPSA) is 49.3 Å². The number of carboxylic acid groups (broad SMARTS) is 1. The van der Waals surface area contributed by atoms with Crippen molar-refractivity contribution in [3.8, 4) is 0 Å². The summed E-state index contributed by atoms with van der Waals surface area (Å²) >= 11 is 0. The maximum Gasteiger partial charge on any atom is 0.335 e. The van der Waals surface area contributed by atoms with Gasteiger partial charge in [-0.3, -0.25) is 0 Å². The van der Waals surface area contributed by atoms with Crippen LogP contribution in [0.25, 0.3) is 0 Å². The van der Waals surface area contributed by atoms with Crippen LogP contribution in [-0.4, -0.2) is 17.6 Å². The van der Waals surface area contributed by atoms with Crippen molar-refractivity contribution >= 4 is 11.7 Å². The molecule has 1 aliphatic rings. The van der Waals surface area contributed by atoms with Crippen molar-refractivity contribution in [2.24, 2.45) is 5.92 Å². The summed E-state index contributed by atoms with van der Waals surface area (Å²) in [6.45, 7) is 0.962. The van der Waals surface area contributed by atoms with Gasteiger partial charge in [-0.1, -0.05) is 76.4 Å². The van der Waals surface area contributed by atoms with Gasteiger partial charge in [-0.15, -0.1) is 0 Å². The molecule has 0 fully saturated rings. The highest BCUT2D eigenvalue weighted by Gasteiger charge is 2.08. The van der Waals surface area contributed by atoms with Crippen molar-refractivity contribution in [1.82, 2.24) is 0 Å². The van der Waals surface area contributed by atoms with E-state index in [9.17, 15) is 4.79 Å². The van der Waals surface area contributed by atoms with Gasteiger partial charge in [0.15, 0.2) is 0 Å². The molecule has 3 nitrogen and oxygen atoms in total. The Kier molecular flexibility index (Phi) is 11.5. The fourth-order valence-corrected chi connectivity index (χ4v) is 4.02. The van der Waals surface area contributed by atoms with E-state index in [0.717, 1.165) is 18.2 Å². The van der Waals surface area contributed by atoms with Crippen molar-refractivity contribution < 1.29 is 9.90 Å². The summed E-state index contributed by atoms with van der Waals surface area (Å²) < 4.78 is 0. The zero-order chi connectivity index (χ0) is 19.9. The Labute approximate surface area is 171 Å². The number of benzene rings is 1. The van der Waals surface area contributed by atoms with Crippen LogP contribution in [-0.2, 0) is 0 Å². The van der Waals surface area contributed by atoms with Crippen molar-refractivity contribution in [3.63, 3.8) is 0 Å². The first-order valence-electron chi connectivity index (χ1n) is 11.5. The van der Waals surface area contributed by atoms with E-state index in [1.54, 1.807) is 12.1 Å². The van der Waals surface area contributed by atoms with Gasteiger partial charge in [-0.05, 0) is 55.9 Å². The summed E-state index contributed by atoms with van der Waals surface area (Å²) in [4.78, 5) is 10.8. The Morgan fingerprint density at radius 3 is 1.82 bits per heavy atom. The van der Waals surface area contributed by atoms with E-state index in [-0.39, 0.29) is 0 Å². The number of carbonyl (C=O) groups is 1. The van der Waals surface area contributed by atoms with Crippen LogP contribution < -0.4 is 5.32 Å². The van der Waals surface area contributed by atoms with Gasteiger partial charge < -0.3 is 10.4 Å². The third-order valence-electron chi connectivity index (χ3n) is 5.86. The highest BCUT2D eigenvalue weighted by molar-refractivity contribution is 5.87. The molecule has 0 aromatic heterocycles. The Morgan fingerprint density at radius 2 is 1.29 bits per heavy atom. The minimum absolute atomic E-state index is 0.340. The van der Waals surface area contributed by atoms with Crippen molar-refractivity contribution in [2.45, 2.75) is 89.9 Å². The zero-order valence-electron chi connectivity index (χ0n) is 17.5. The van der Waals surface area contributed by atoms with Crippen LogP contribution in [0.5, 0.6) is 0 Å². The van der Waals surface area contributed by atoms with E-state index < -0.39 is 5.97 Å². The number of rotatable bonds is 16. The molecule has 0 unspecified atom stereocenters. The predicted octanol–water partition coefficient (Wildman–Crippen LogP) is 7.44. The molecule has 0 saturated carbocycles. The standard InChI is InChI=1S/C25H39NO2/c27-25(28)23-17-19-24(20-18-23)26-21-13-9-7-5-3-1-2-4-6-8-10-14-22-15-11-12-16-22/h11-12,17-20,22,26H,1-10,13-16,21H2,(H,27,28). The molecule has 0 heterocycles. The lowest BCUT2D eigenvalue weighted by atomic mass is 9.98. The SMILES string of the molecule is O=C(O)c1ccc(NCCCCCCCCCCCCCC2CC=CC2)cc1. The summed E-state index contributed by atoms with van der Waals surface area (Å²) in [7, 11) is 0. The normalized spacial score (nSPS) is 13.9. The fourth-order valence-electron chi connectivity index (χ4n) is 4.02. The minimum atomic E-state index is -0.872. The second-order valence-corrected chi connectivity index (χ2v) is 8.30. The maximum absolute atomic E-state index is 10.8. The molecule has 0 radical (unpaired) electrons. The lowest BCUT2D eigenvalue weighted by molar-refractivity contribution is 0.0697. The number of aromatic carboxylic acids is 1. The summed E-state index contributed by atoms with van der Waals surface area (Å²) in [5, 5.41) is 12.3. The van der Waals surface area contributed by atoms with Crippen LogP contribution in [0.1, 0.15) is 100 Å². The molecule has 0 amide bonds. The first-order chi connectivity index (χ1) is 13.8. The van der Waals surface area contributed by atoms with Crippen LogP contribution in [0.15, 0.2) is 36.4 Å². The molecule has 28 heavy (non-hydrogen) atoms. The molecule has 1 aromatic carbocycles. The van der Waals surface area contributed by atoms with Gasteiger partial charge in [0, 0.05) is 12.2 Å². The number of hydrogen-bond donors (Lipinski definition) is 2. The van der Waals surface area contributed by atoms with Gasteiger partial charge in [0.1, 0.15) is 0 Å². The van der Waals surface area contributed by atoms with E-state index >= 15 is 0 Å². The lowest BCUT2D eigenvalue weighted by Crippen LogP contribution is -2.02. The third-order valence-corrected chi connectivity index (χ3v) is 5.86. The smallest absolute Gasteiger partial charge is 0.335 e. The first-order valence-corrected chi connectivity index (χ1v) is 11.5. The second-order valence-electron chi connectivity index (χ2n) is 8.30. The van der Waals surface area contributed by atoms with E-state index in [1.807, 2.05) is 12.1 Å². The summed E-state index contributed by atoms with van der Waals surface area (Å²) in [6, 6.07) is 6.99. The lowest BCUT2D eigenvalue weighted by Gasteiger charge is -2.08. The van der Waals surface area contributed by atoms with Gasteiger partial charge in [-0.2, -0.15) is 0 Å². The molecule has 0 bridgehead atoms. The van der Waals surface area contributed by atoms with Crippen LogP contribution in [0.4, 0.5) is 5.69 Å². The molecule has 156 valence electrons. The van der Waals surface area contributed by atoms with Crippen LogP contribution in [0, 0.1) is 5.92 Å². The number of anilines is 1. The summed E-state index contributed by atoms with van der Waals surface area (Å²) in [5.74, 6) is 0.0938. The highest BCUT2D eigenvalue weighted by atomic mass is 16.4. The monoisotopic (exact) mass is 385 g/mol.